The Bertz CT molecular complexity index is 341. The van der Waals surface area contributed by atoms with Crippen molar-refractivity contribution in [2.24, 2.45) is 0 Å². The highest BCUT2D eigenvalue weighted by molar-refractivity contribution is 5.96. The van der Waals surface area contributed by atoms with E-state index in [1.165, 1.54) is 5.56 Å². The van der Waals surface area contributed by atoms with E-state index in [9.17, 15) is 4.79 Å². The molecule has 0 fully saturated rings. The maximum Gasteiger partial charge on any atom is 0.162 e. The summed E-state index contributed by atoms with van der Waals surface area (Å²) in [5.41, 5.74) is 2.28. The number of Topliss-reactive ketones (excluding diaryl/α,β-unsaturated/α-hetero) is 1. The maximum absolute atomic E-state index is 11.8. The second-order valence-electron chi connectivity index (χ2n) is 5.35. The molecular formula is C15H22O. The SMILES string of the molecule is CCCCC(=O)c1ccc(C(C)(C)C)cc1. The van der Waals surface area contributed by atoms with E-state index in [0.717, 1.165) is 18.4 Å². The molecule has 0 aliphatic carbocycles. The second-order valence-corrected chi connectivity index (χ2v) is 5.35. The predicted octanol–water partition coefficient (Wildman–Crippen LogP) is 4.36. The van der Waals surface area contributed by atoms with Crippen LogP contribution in [0.2, 0.25) is 0 Å². The van der Waals surface area contributed by atoms with Crippen molar-refractivity contribution in [3.63, 3.8) is 0 Å². The van der Waals surface area contributed by atoms with Gasteiger partial charge in [-0.05, 0) is 17.4 Å². The molecule has 0 aliphatic heterocycles. The molecule has 1 heteroatoms. The minimum absolute atomic E-state index is 0.158. The summed E-state index contributed by atoms with van der Waals surface area (Å²) >= 11 is 0. The molecule has 0 unspecified atom stereocenters. The van der Waals surface area contributed by atoms with Crippen LogP contribution in [0.1, 0.15) is 62.9 Å². The van der Waals surface area contributed by atoms with Crippen LogP contribution in [-0.2, 0) is 5.41 Å². The van der Waals surface area contributed by atoms with Crippen LogP contribution in [-0.4, -0.2) is 5.78 Å². The van der Waals surface area contributed by atoms with Gasteiger partial charge in [0.1, 0.15) is 0 Å². The van der Waals surface area contributed by atoms with E-state index in [0.29, 0.717) is 6.42 Å². The predicted molar refractivity (Wildman–Crippen MR) is 69.0 cm³/mol. The lowest BCUT2D eigenvalue weighted by molar-refractivity contribution is 0.0979. The molecule has 0 spiro atoms. The Morgan fingerprint density at radius 3 is 2.12 bits per heavy atom. The van der Waals surface area contributed by atoms with Crippen molar-refractivity contribution in [3.05, 3.63) is 35.4 Å². The van der Waals surface area contributed by atoms with Crippen molar-refractivity contribution in [1.29, 1.82) is 0 Å². The molecule has 0 saturated carbocycles. The van der Waals surface area contributed by atoms with E-state index in [-0.39, 0.29) is 11.2 Å². The number of hydrogen-bond donors (Lipinski definition) is 0. The third-order valence-corrected chi connectivity index (χ3v) is 2.83. The third-order valence-electron chi connectivity index (χ3n) is 2.83. The van der Waals surface area contributed by atoms with Gasteiger partial charge in [0.05, 0.1) is 0 Å². The molecule has 0 bridgehead atoms. The minimum atomic E-state index is 0.158. The molecule has 0 N–H and O–H groups in total. The van der Waals surface area contributed by atoms with E-state index < -0.39 is 0 Å². The Morgan fingerprint density at radius 1 is 1.12 bits per heavy atom. The van der Waals surface area contributed by atoms with Gasteiger partial charge in [-0.25, -0.2) is 0 Å². The lowest BCUT2D eigenvalue weighted by Gasteiger charge is -2.18. The molecule has 1 aromatic rings. The quantitative estimate of drug-likeness (QED) is 0.686. The monoisotopic (exact) mass is 218 g/mol. The van der Waals surface area contributed by atoms with Gasteiger partial charge in [0, 0.05) is 12.0 Å². The number of benzene rings is 1. The first-order chi connectivity index (χ1) is 7.45. The van der Waals surface area contributed by atoms with Crippen molar-refractivity contribution in [2.75, 3.05) is 0 Å². The van der Waals surface area contributed by atoms with E-state index in [1.807, 2.05) is 12.1 Å². The van der Waals surface area contributed by atoms with Crippen molar-refractivity contribution in [3.8, 4) is 0 Å². The molecule has 88 valence electrons. The fraction of sp³-hybridized carbons (Fsp3) is 0.533. The molecule has 16 heavy (non-hydrogen) atoms. The van der Waals surface area contributed by atoms with E-state index in [1.54, 1.807) is 0 Å². The number of unbranched alkanes of at least 4 members (excludes halogenated alkanes) is 1. The van der Waals surface area contributed by atoms with Crippen LogP contribution in [0, 0.1) is 0 Å². The summed E-state index contributed by atoms with van der Waals surface area (Å²) in [7, 11) is 0. The van der Waals surface area contributed by atoms with Crippen LogP contribution >= 0.6 is 0 Å². The van der Waals surface area contributed by atoms with E-state index in [2.05, 4.69) is 39.8 Å². The summed E-state index contributed by atoms with van der Waals surface area (Å²) in [5.74, 6) is 0.266. The first kappa shape index (κ1) is 13.0. The van der Waals surface area contributed by atoms with Crippen LogP contribution in [0.5, 0.6) is 0 Å². The minimum Gasteiger partial charge on any atom is -0.294 e. The highest BCUT2D eigenvalue weighted by atomic mass is 16.1. The average Bonchev–Trinajstić information content (AvgIpc) is 2.25. The third kappa shape index (κ3) is 3.48. The van der Waals surface area contributed by atoms with E-state index >= 15 is 0 Å². The van der Waals surface area contributed by atoms with Crippen molar-refractivity contribution in [2.45, 2.75) is 52.4 Å². The summed E-state index contributed by atoms with van der Waals surface area (Å²) in [6, 6.07) is 8.05. The lowest BCUT2D eigenvalue weighted by atomic mass is 9.86. The van der Waals surface area contributed by atoms with Crippen LogP contribution in [0.4, 0.5) is 0 Å². The molecule has 0 saturated heterocycles. The smallest absolute Gasteiger partial charge is 0.162 e. The summed E-state index contributed by atoms with van der Waals surface area (Å²) in [5, 5.41) is 0. The Hall–Kier alpha value is -1.11. The van der Waals surface area contributed by atoms with Crippen molar-refractivity contribution >= 4 is 5.78 Å². The molecule has 0 aromatic heterocycles. The Morgan fingerprint density at radius 2 is 1.69 bits per heavy atom. The Balaban J connectivity index is 2.75. The van der Waals surface area contributed by atoms with Crippen LogP contribution in [0.25, 0.3) is 0 Å². The second kappa shape index (κ2) is 5.29. The van der Waals surface area contributed by atoms with Gasteiger partial charge in [-0.1, -0.05) is 58.4 Å². The number of hydrogen-bond acceptors (Lipinski definition) is 1. The zero-order chi connectivity index (χ0) is 12.2. The summed E-state index contributed by atoms with van der Waals surface area (Å²) in [6.07, 6.45) is 2.73. The van der Waals surface area contributed by atoms with Crippen molar-refractivity contribution < 1.29 is 4.79 Å². The number of rotatable bonds is 4. The highest BCUT2D eigenvalue weighted by Crippen LogP contribution is 2.22. The van der Waals surface area contributed by atoms with Gasteiger partial charge in [0.15, 0.2) is 5.78 Å². The molecule has 1 nitrogen and oxygen atoms in total. The largest absolute Gasteiger partial charge is 0.294 e. The van der Waals surface area contributed by atoms with Gasteiger partial charge in [0.25, 0.3) is 0 Å². The summed E-state index contributed by atoms with van der Waals surface area (Å²) < 4.78 is 0. The maximum atomic E-state index is 11.8. The molecule has 0 radical (unpaired) electrons. The normalized spacial score (nSPS) is 11.5. The average molecular weight is 218 g/mol. The zero-order valence-corrected chi connectivity index (χ0v) is 10.8. The fourth-order valence-corrected chi connectivity index (χ4v) is 1.64. The number of ketones is 1. The van der Waals surface area contributed by atoms with Gasteiger partial charge in [-0.15, -0.1) is 0 Å². The Kier molecular flexibility index (Phi) is 4.28. The fourth-order valence-electron chi connectivity index (χ4n) is 1.64. The molecule has 0 atom stereocenters. The zero-order valence-electron chi connectivity index (χ0n) is 10.8. The number of carbonyl (C=O) groups is 1. The molecule has 1 aromatic carbocycles. The van der Waals surface area contributed by atoms with Gasteiger partial charge < -0.3 is 0 Å². The lowest BCUT2D eigenvalue weighted by Crippen LogP contribution is -2.11. The van der Waals surface area contributed by atoms with Gasteiger partial charge in [0.2, 0.25) is 0 Å². The highest BCUT2D eigenvalue weighted by Gasteiger charge is 2.13. The molecule has 0 heterocycles. The molecular weight excluding hydrogens is 196 g/mol. The van der Waals surface area contributed by atoms with Crippen molar-refractivity contribution in [1.82, 2.24) is 0 Å². The number of carbonyl (C=O) groups excluding carboxylic acids is 1. The Labute approximate surface area is 98.9 Å². The first-order valence-electron chi connectivity index (χ1n) is 6.09. The van der Waals surface area contributed by atoms with Gasteiger partial charge in [-0.2, -0.15) is 0 Å². The molecule has 0 aliphatic rings. The van der Waals surface area contributed by atoms with E-state index in [4.69, 9.17) is 0 Å². The summed E-state index contributed by atoms with van der Waals surface area (Å²) in [6.45, 7) is 8.65. The van der Waals surface area contributed by atoms with Gasteiger partial charge >= 0.3 is 0 Å². The molecule has 1 rings (SSSR count). The van der Waals surface area contributed by atoms with Crippen LogP contribution < -0.4 is 0 Å². The molecule has 0 amide bonds. The van der Waals surface area contributed by atoms with Crippen LogP contribution in [0.3, 0.4) is 0 Å². The van der Waals surface area contributed by atoms with Crippen LogP contribution in [0.15, 0.2) is 24.3 Å². The topological polar surface area (TPSA) is 17.1 Å². The first-order valence-corrected chi connectivity index (χ1v) is 6.09. The standard InChI is InChI=1S/C15H22O/c1-5-6-7-14(16)12-8-10-13(11-9-12)15(2,3)4/h8-11H,5-7H2,1-4H3. The van der Waals surface area contributed by atoms with Gasteiger partial charge in [-0.3, -0.25) is 4.79 Å². The summed E-state index contributed by atoms with van der Waals surface area (Å²) in [4.78, 5) is 11.8.